The van der Waals surface area contributed by atoms with Gasteiger partial charge in [0.05, 0.1) is 18.8 Å². The number of hydrogen-bond donors (Lipinski definition) is 2. The number of carbonyl (C=O) groups excluding carboxylic acids is 2. The van der Waals surface area contributed by atoms with Crippen LogP contribution in [0.15, 0.2) is 133 Å². The average molecular weight is 1270 g/mol. The van der Waals surface area contributed by atoms with E-state index in [1.165, 1.54) is 134 Å². The molecule has 0 aliphatic heterocycles. The van der Waals surface area contributed by atoms with Crippen molar-refractivity contribution in [2.45, 2.75) is 199 Å². The molecule has 95 heavy (non-hydrogen) atoms. The summed E-state index contributed by atoms with van der Waals surface area (Å²) in [5.41, 5.74) is 9.41. The molecule has 8 heteroatoms. The molecule has 6 aliphatic rings. The van der Waals surface area contributed by atoms with E-state index in [0.29, 0.717) is 23.9 Å². The highest BCUT2D eigenvalue weighted by Gasteiger charge is 2.59. The summed E-state index contributed by atoms with van der Waals surface area (Å²) in [6, 6.07) is 37.6. The minimum atomic E-state index is -0.316. The molecule has 2 amide bonds. The maximum Gasteiger partial charge on any atom is 0.408 e. The number of nitrogens with zero attached hydrogens (tertiary/aromatic N) is 3. The van der Waals surface area contributed by atoms with E-state index in [4.69, 9.17) is 4.74 Å². The van der Waals surface area contributed by atoms with Crippen molar-refractivity contribution >= 4 is 77.5 Å². The summed E-state index contributed by atoms with van der Waals surface area (Å²) >= 11 is 0. The van der Waals surface area contributed by atoms with Crippen LogP contribution in [0.3, 0.4) is 0 Å². The Morgan fingerprint density at radius 3 is 1.81 bits per heavy atom. The summed E-state index contributed by atoms with van der Waals surface area (Å²) in [7, 11) is 1.88. The van der Waals surface area contributed by atoms with Gasteiger partial charge < -0.3 is 15.4 Å². The van der Waals surface area contributed by atoms with Gasteiger partial charge in [0.2, 0.25) is 5.91 Å². The van der Waals surface area contributed by atoms with Crippen LogP contribution in [0.5, 0.6) is 0 Å². The fourth-order valence-corrected chi connectivity index (χ4v) is 17.1. The van der Waals surface area contributed by atoms with Gasteiger partial charge in [0.1, 0.15) is 6.10 Å². The number of hydrogen-bond acceptors (Lipinski definition) is 5. The van der Waals surface area contributed by atoms with Crippen LogP contribution in [0.4, 0.5) is 4.79 Å². The summed E-state index contributed by atoms with van der Waals surface area (Å²) < 4.78 is 7.59. The van der Waals surface area contributed by atoms with E-state index in [-0.39, 0.29) is 34.3 Å². The van der Waals surface area contributed by atoms with Gasteiger partial charge >= 0.3 is 6.09 Å². The minimum Gasteiger partial charge on any atom is -0.446 e. The molecule has 2 unspecified atom stereocenters. The van der Waals surface area contributed by atoms with Crippen LogP contribution in [0, 0.1) is 80.8 Å². The van der Waals surface area contributed by atoms with Gasteiger partial charge in [0.15, 0.2) is 0 Å². The number of benzene rings is 7. The molecule has 2 N–H and O–H groups in total. The van der Waals surface area contributed by atoms with E-state index in [2.05, 4.69) is 248 Å². The molecular formula is C87H109N5O3. The van der Waals surface area contributed by atoms with Crippen molar-refractivity contribution < 1.29 is 14.3 Å². The van der Waals surface area contributed by atoms with Crippen LogP contribution in [0.25, 0.3) is 65.5 Å². The molecule has 3 saturated carbocycles. The smallest absolute Gasteiger partial charge is 0.408 e. The van der Waals surface area contributed by atoms with Gasteiger partial charge in [0, 0.05) is 42.8 Å². The lowest BCUT2D eigenvalue weighted by molar-refractivity contribution is -0.118. The topological polar surface area (TPSA) is 98.1 Å². The summed E-state index contributed by atoms with van der Waals surface area (Å²) in [5.74, 6) is 17.2. The Hall–Kier alpha value is -7.68. The molecular weight excluding hydrogens is 1160 g/mol. The lowest BCUT2D eigenvalue weighted by Crippen LogP contribution is -2.51. The number of carbonyl (C=O) groups is 2. The molecule has 7 aromatic carbocycles. The molecule has 8 nitrogen and oxygen atoms in total. The van der Waals surface area contributed by atoms with Gasteiger partial charge in [-0.25, -0.2) is 4.79 Å². The third-order valence-corrected chi connectivity index (χ3v) is 21.7. The van der Waals surface area contributed by atoms with Crippen LogP contribution >= 0.6 is 0 Å². The molecule has 0 bridgehead atoms. The van der Waals surface area contributed by atoms with Crippen molar-refractivity contribution in [1.29, 1.82) is 0 Å². The largest absolute Gasteiger partial charge is 0.446 e. The molecule has 0 spiro atoms. The molecule has 0 saturated heterocycles. The third kappa shape index (κ3) is 16.4. The maximum atomic E-state index is 12.4. The first-order valence-corrected chi connectivity index (χ1v) is 35.8. The molecule has 8 aromatic rings. The number of amides is 2. The Morgan fingerprint density at radius 2 is 1.26 bits per heavy atom. The van der Waals surface area contributed by atoms with Crippen molar-refractivity contribution in [3.63, 3.8) is 0 Å². The van der Waals surface area contributed by atoms with Crippen LogP contribution < -0.4 is 10.6 Å². The Balaban J connectivity index is 0.000000143. The van der Waals surface area contributed by atoms with Gasteiger partial charge in [-0.05, 0) is 222 Å². The fraction of sp³-hybridized carbons (Fsp3) is 0.494. The predicted molar refractivity (Wildman–Crippen MR) is 401 cm³/mol. The minimum absolute atomic E-state index is 0.00198. The van der Waals surface area contributed by atoms with E-state index in [1.54, 1.807) is 10.3 Å². The number of alkyl carbamates (subject to hydrolysis) is 1. The SMILES string of the molecule is C1=Cc2ccc3cccc4c3c2C(=CC4)C1.CC(=O)NCC#CC(C)(C)C.CC(C)CCCC(C)[C@H]1CC[C@H]2[C@@H]3CC=C4CC(OC(=O)NCC#CC(C)(C)C)CC[C@]4(C)[C@H]3CC[C@]12C.Cn1cc(C(C)(C)C)nn1.c1cc2cccc3c4cccc5cccc(c(c1)c23)c54. The number of aryl methyl sites for hydroxylation is 1. The van der Waals surface area contributed by atoms with Crippen molar-refractivity contribution in [2.75, 3.05) is 13.1 Å². The van der Waals surface area contributed by atoms with Gasteiger partial charge in [-0.1, -0.05) is 237 Å². The first-order valence-electron chi connectivity index (χ1n) is 35.8. The van der Waals surface area contributed by atoms with Crippen LogP contribution in [-0.2, 0) is 28.4 Å². The number of rotatable bonds is 8. The van der Waals surface area contributed by atoms with E-state index in [0.717, 1.165) is 73.3 Å². The molecule has 1 heterocycles. The molecule has 6 aliphatic carbocycles. The first kappa shape index (κ1) is 70.1. The van der Waals surface area contributed by atoms with Crippen molar-refractivity contribution in [2.24, 2.45) is 64.2 Å². The number of nitrogens with one attached hydrogen (secondary N) is 2. The molecule has 1 aromatic heterocycles. The van der Waals surface area contributed by atoms with E-state index in [9.17, 15) is 9.59 Å². The van der Waals surface area contributed by atoms with Crippen LogP contribution in [0.1, 0.15) is 203 Å². The monoisotopic (exact) mass is 1270 g/mol. The Bertz CT molecular complexity index is 4100. The number of ether oxygens (including phenoxy) is 1. The third-order valence-electron chi connectivity index (χ3n) is 21.7. The second kappa shape index (κ2) is 29.3. The van der Waals surface area contributed by atoms with Gasteiger partial charge in [-0.2, -0.15) is 0 Å². The van der Waals surface area contributed by atoms with E-state index >= 15 is 0 Å². The van der Waals surface area contributed by atoms with E-state index < -0.39 is 0 Å². The summed E-state index contributed by atoms with van der Waals surface area (Å²) in [6.45, 7) is 33.5. The van der Waals surface area contributed by atoms with Crippen molar-refractivity contribution in [1.82, 2.24) is 25.6 Å². The highest BCUT2D eigenvalue weighted by Crippen LogP contribution is 2.67. The fourth-order valence-electron chi connectivity index (χ4n) is 17.1. The molecule has 0 radical (unpaired) electrons. The summed E-state index contributed by atoms with van der Waals surface area (Å²) in [4.78, 5) is 22.8. The van der Waals surface area contributed by atoms with Gasteiger partial charge in [0.25, 0.3) is 0 Å². The van der Waals surface area contributed by atoms with Gasteiger partial charge in [-0.3, -0.25) is 9.48 Å². The predicted octanol–water partition coefficient (Wildman–Crippen LogP) is 21.4. The van der Waals surface area contributed by atoms with Crippen LogP contribution in [0.2, 0.25) is 0 Å². The van der Waals surface area contributed by atoms with Crippen LogP contribution in [-0.4, -0.2) is 46.2 Å². The zero-order valence-electron chi connectivity index (χ0n) is 60.4. The second-order valence-corrected chi connectivity index (χ2v) is 32.5. The zero-order chi connectivity index (χ0) is 68.0. The summed E-state index contributed by atoms with van der Waals surface area (Å²) in [6.07, 6.45) is 27.5. The lowest BCUT2D eigenvalue weighted by atomic mass is 9.47. The number of aromatic nitrogens is 3. The van der Waals surface area contributed by atoms with Crippen molar-refractivity contribution in [3.8, 4) is 23.7 Å². The Morgan fingerprint density at radius 1 is 0.674 bits per heavy atom. The normalized spacial score (nSPS) is 22.6. The Labute approximate surface area is 569 Å². The highest BCUT2D eigenvalue weighted by molar-refractivity contribution is 6.32. The lowest BCUT2D eigenvalue weighted by Gasteiger charge is -2.58. The average Bonchev–Trinajstić information content (AvgIpc) is 1.71. The second-order valence-electron chi connectivity index (χ2n) is 32.5. The molecule has 14 rings (SSSR count). The molecule has 8 atom stereocenters. The number of fused-ring (bicyclic) bond motifs is 7. The van der Waals surface area contributed by atoms with Gasteiger partial charge in [-0.15, -0.1) is 5.10 Å². The number of allylic oxidation sites excluding steroid dienone is 4. The quantitative estimate of drug-likeness (QED) is 0.0684. The first-order chi connectivity index (χ1) is 45.1. The summed E-state index contributed by atoms with van der Waals surface area (Å²) in [5, 5.41) is 27.0. The standard InChI is InChI=1S/C35H57NO2.C20H12.C16H12.C9H15NO.C7H13N3/c1-24(2)11-9-12-25(3)29-15-16-30-28-14-13-26-23-27(38-32(37)36-22-10-19-33(4,5)6)17-20-34(26,7)31(28)18-21-35(29,30)8;1-5-13-6-2-11-17-18-12-4-8-14-7-3-10-16(20(14)18)15(9-1)19(13)17;1-3-11-7-9-13-5-2-6-14-10-8-12(4-1)15(11)16(13)14;1-8(11)10-7-5-6-9(2,3)4;1-7(2,3)6-5-10(4)9-8-6/h13,24-25,27-31H,9,11-12,14-18,20-23H2,1-8H3,(H,36,37);1-12H;1-5,7,9-10H,6,8H2;7H2,1-4H3,(H,10,11);5H,1-4H3/t25?,27?,28-,29+,30-,31-,34-,35+;;;;/m0..../s1. The maximum absolute atomic E-state index is 12.4. The van der Waals surface area contributed by atoms with E-state index in [1.807, 2.05) is 34.0 Å². The molecule has 3 fully saturated rings. The zero-order valence-corrected chi connectivity index (χ0v) is 60.4. The van der Waals surface area contributed by atoms with Crippen molar-refractivity contribution in [3.05, 3.63) is 156 Å². The highest BCUT2D eigenvalue weighted by atomic mass is 16.6. The molecule has 500 valence electrons. The Kier molecular flexibility index (Phi) is 21.7.